The van der Waals surface area contributed by atoms with Crippen molar-refractivity contribution in [3.05, 3.63) is 34.7 Å². The van der Waals surface area contributed by atoms with Crippen molar-refractivity contribution in [2.24, 2.45) is 0 Å². The first-order valence-corrected chi connectivity index (χ1v) is 5.05. The van der Waals surface area contributed by atoms with E-state index in [1.165, 1.54) is 0 Å². The first-order valence-electron chi connectivity index (χ1n) is 4.67. The van der Waals surface area contributed by atoms with Crippen molar-refractivity contribution in [1.82, 2.24) is 9.38 Å². The van der Waals surface area contributed by atoms with Crippen LogP contribution in [0.3, 0.4) is 0 Å². The highest BCUT2D eigenvalue weighted by molar-refractivity contribution is 6.30. The van der Waals surface area contributed by atoms with Gasteiger partial charge in [0.25, 0.3) is 0 Å². The van der Waals surface area contributed by atoms with Crippen LogP contribution in [0, 0.1) is 18.3 Å². The monoisotopic (exact) mass is 219 g/mol. The van der Waals surface area contributed by atoms with Gasteiger partial charge < -0.3 is 4.40 Å². The van der Waals surface area contributed by atoms with E-state index in [0.717, 1.165) is 17.0 Å². The van der Waals surface area contributed by atoms with Crippen LogP contribution in [0.25, 0.3) is 5.65 Å². The Balaban J connectivity index is 2.77. The minimum Gasteiger partial charge on any atom is -0.301 e. The van der Waals surface area contributed by atoms with Gasteiger partial charge in [0.05, 0.1) is 28.4 Å². The second-order valence-corrected chi connectivity index (χ2v) is 3.95. The van der Waals surface area contributed by atoms with Crippen molar-refractivity contribution in [2.75, 3.05) is 0 Å². The zero-order valence-electron chi connectivity index (χ0n) is 8.53. The van der Waals surface area contributed by atoms with Gasteiger partial charge in [-0.15, -0.1) is 0 Å². The van der Waals surface area contributed by atoms with E-state index < -0.39 is 0 Å². The van der Waals surface area contributed by atoms with Crippen LogP contribution in [-0.4, -0.2) is 9.38 Å². The summed E-state index contributed by atoms with van der Waals surface area (Å²) >= 11 is 5.92. The Bertz CT molecular complexity index is 551. The molecule has 2 aromatic rings. The molecule has 0 bridgehead atoms. The zero-order chi connectivity index (χ0) is 11.0. The summed E-state index contributed by atoms with van der Waals surface area (Å²) in [5, 5.41) is 9.58. The second kappa shape index (κ2) is 3.56. The lowest BCUT2D eigenvalue weighted by Crippen LogP contribution is -1.98. The molecule has 0 aliphatic rings. The number of nitriles is 1. The molecule has 2 aromatic heterocycles. The summed E-state index contributed by atoms with van der Waals surface area (Å²) in [5.41, 5.74) is 2.62. The third-order valence-electron chi connectivity index (χ3n) is 2.41. The standard InChI is InChI=1S/C11H10ClN3/c1-7(5-13)11-8(2)14-10-4-3-9(12)6-15(10)11/h3-4,6-7H,1-2H3. The number of aromatic nitrogens is 2. The molecule has 3 nitrogen and oxygen atoms in total. The second-order valence-electron chi connectivity index (χ2n) is 3.51. The topological polar surface area (TPSA) is 41.1 Å². The highest BCUT2D eigenvalue weighted by Crippen LogP contribution is 2.22. The van der Waals surface area contributed by atoms with Gasteiger partial charge in [-0.3, -0.25) is 0 Å². The first kappa shape index (κ1) is 10.0. The number of hydrogen-bond acceptors (Lipinski definition) is 2. The van der Waals surface area contributed by atoms with Gasteiger partial charge in [0, 0.05) is 6.20 Å². The quantitative estimate of drug-likeness (QED) is 0.740. The van der Waals surface area contributed by atoms with Gasteiger partial charge in [0.1, 0.15) is 5.65 Å². The van der Waals surface area contributed by atoms with Crippen molar-refractivity contribution >= 4 is 17.2 Å². The number of rotatable bonds is 1. The van der Waals surface area contributed by atoms with E-state index in [9.17, 15) is 0 Å². The maximum atomic E-state index is 8.94. The van der Waals surface area contributed by atoms with Crippen LogP contribution in [0.15, 0.2) is 18.3 Å². The molecule has 2 heterocycles. The molecule has 0 spiro atoms. The van der Waals surface area contributed by atoms with E-state index in [-0.39, 0.29) is 5.92 Å². The van der Waals surface area contributed by atoms with Crippen molar-refractivity contribution < 1.29 is 0 Å². The van der Waals surface area contributed by atoms with Gasteiger partial charge in [-0.25, -0.2) is 4.98 Å². The molecular formula is C11H10ClN3. The Morgan fingerprint density at radius 1 is 1.53 bits per heavy atom. The molecule has 0 radical (unpaired) electrons. The lowest BCUT2D eigenvalue weighted by molar-refractivity contribution is 0.884. The fourth-order valence-corrected chi connectivity index (χ4v) is 1.90. The van der Waals surface area contributed by atoms with E-state index in [0.29, 0.717) is 5.02 Å². The van der Waals surface area contributed by atoms with Crippen LogP contribution in [0.2, 0.25) is 5.02 Å². The van der Waals surface area contributed by atoms with Crippen LogP contribution in [0.4, 0.5) is 0 Å². The van der Waals surface area contributed by atoms with Crippen molar-refractivity contribution in [2.45, 2.75) is 19.8 Å². The lowest BCUT2D eigenvalue weighted by atomic mass is 10.1. The van der Waals surface area contributed by atoms with Gasteiger partial charge in [-0.1, -0.05) is 11.6 Å². The van der Waals surface area contributed by atoms with Gasteiger partial charge in [-0.2, -0.15) is 5.26 Å². The number of halogens is 1. The fraction of sp³-hybridized carbons (Fsp3) is 0.273. The average molecular weight is 220 g/mol. The van der Waals surface area contributed by atoms with Gasteiger partial charge in [-0.05, 0) is 26.0 Å². The van der Waals surface area contributed by atoms with E-state index >= 15 is 0 Å². The van der Waals surface area contributed by atoms with E-state index in [1.807, 2.05) is 24.3 Å². The number of aryl methyl sites for hydroxylation is 1. The van der Waals surface area contributed by atoms with Crippen molar-refractivity contribution in [3.63, 3.8) is 0 Å². The summed E-state index contributed by atoms with van der Waals surface area (Å²) in [6, 6.07) is 5.86. The molecule has 0 fully saturated rings. The molecule has 1 unspecified atom stereocenters. The molecular weight excluding hydrogens is 210 g/mol. The summed E-state index contributed by atoms with van der Waals surface area (Å²) in [6.07, 6.45) is 1.79. The van der Waals surface area contributed by atoms with Crippen LogP contribution >= 0.6 is 11.6 Å². The van der Waals surface area contributed by atoms with Gasteiger partial charge in [0.15, 0.2) is 0 Å². The minimum atomic E-state index is -0.182. The molecule has 1 atom stereocenters. The van der Waals surface area contributed by atoms with Crippen LogP contribution < -0.4 is 0 Å². The SMILES string of the molecule is Cc1nc2ccc(Cl)cn2c1C(C)C#N. The Labute approximate surface area is 92.9 Å². The van der Waals surface area contributed by atoms with E-state index in [1.54, 1.807) is 12.3 Å². The highest BCUT2D eigenvalue weighted by Gasteiger charge is 2.14. The molecule has 15 heavy (non-hydrogen) atoms. The maximum absolute atomic E-state index is 8.94. The van der Waals surface area contributed by atoms with Crippen molar-refractivity contribution in [3.8, 4) is 6.07 Å². The minimum absolute atomic E-state index is 0.182. The third-order valence-corrected chi connectivity index (χ3v) is 2.63. The number of fused-ring (bicyclic) bond motifs is 1. The molecule has 0 N–H and O–H groups in total. The predicted molar refractivity (Wildman–Crippen MR) is 59.0 cm³/mol. The Hall–Kier alpha value is -1.53. The third kappa shape index (κ3) is 1.57. The largest absolute Gasteiger partial charge is 0.301 e. The van der Waals surface area contributed by atoms with Gasteiger partial charge >= 0.3 is 0 Å². The van der Waals surface area contributed by atoms with Crippen LogP contribution in [-0.2, 0) is 0 Å². The Kier molecular flexibility index (Phi) is 2.37. The lowest BCUT2D eigenvalue weighted by Gasteiger charge is -2.04. The number of nitrogens with zero attached hydrogens (tertiary/aromatic N) is 3. The molecule has 0 saturated carbocycles. The zero-order valence-corrected chi connectivity index (χ0v) is 9.28. The molecule has 0 aliphatic carbocycles. The molecule has 0 aliphatic heterocycles. The summed E-state index contributed by atoms with van der Waals surface area (Å²) in [7, 11) is 0. The van der Waals surface area contributed by atoms with E-state index in [4.69, 9.17) is 16.9 Å². The molecule has 2 rings (SSSR count). The molecule has 76 valence electrons. The summed E-state index contributed by atoms with van der Waals surface area (Å²) in [6.45, 7) is 3.77. The number of imidazole rings is 1. The van der Waals surface area contributed by atoms with E-state index in [2.05, 4.69) is 11.1 Å². The van der Waals surface area contributed by atoms with Crippen LogP contribution in [0.1, 0.15) is 24.2 Å². The first-order chi connectivity index (χ1) is 7.13. The molecule has 4 heteroatoms. The number of pyridine rings is 1. The maximum Gasteiger partial charge on any atom is 0.137 e. The Morgan fingerprint density at radius 3 is 2.93 bits per heavy atom. The fourth-order valence-electron chi connectivity index (χ4n) is 1.74. The predicted octanol–water partition coefficient (Wildman–Crippen LogP) is 2.92. The summed E-state index contributed by atoms with van der Waals surface area (Å²) in [5.74, 6) is -0.182. The molecule has 0 aromatic carbocycles. The van der Waals surface area contributed by atoms with Crippen LogP contribution in [0.5, 0.6) is 0 Å². The number of hydrogen-bond donors (Lipinski definition) is 0. The normalized spacial score (nSPS) is 12.7. The highest BCUT2D eigenvalue weighted by atomic mass is 35.5. The molecule has 0 amide bonds. The summed E-state index contributed by atoms with van der Waals surface area (Å²) < 4.78 is 1.88. The smallest absolute Gasteiger partial charge is 0.137 e. The van der Waals surface area contributed by atoms with Crippen molar-refractivity contribution in [1.29, 1.82) is 5.26 Å². The Morgan fingerprint density at radius 2 is 2.27 bits per heavy atom. The average Bonchev–Trinajstić information content (AvgIpc) is 2.52. The molecule has 0 saturated heterocycles. The van der Waals surface area contributed by atoms with Gasteiger partial charge in [0.2, 0.25) is 0 Å². The summed E-state index contributed by atoms with van der Waals surface area (Å²) in [4.78, 5) is 4.38.